The van der Waals surface area contributed by atoms with Crippen LogP contribution in [0.4, 0.5) is 10.5 Å². The number of nitrogens with one attached hydrogen (secondary N) is 3. The number of anilines is 1. The average Bonchev–Trinajstić information content (AvgIpc) is 3.35. The highest BCUT2D eigenvalue weighted by Crippen LogP contribution is 2.45. The van der Waals surface area contributed by atoms with Gasteiger partial charge in [-0.25, -0.2) is 4.79 Å². The Labute approximate surface area is 186 Å². The zero-order valence-electron chi connectivity index (χ0n) is 17.7. The van der Waals surface area contributed by atoms with Crippen molar-refractivity contribution in [3.05, 3.63) is 65.2 Å². The summed E-state index contributed by atoms with van der Waals surface area (Å²) in [7, 11) is 0. The Morgan fingerprint density at radius 3 is 2.62 bits per heavy atom. The summed E-state index contributed by atoms with van der Waals surface area (Å²) in [6.45, 7) is 4.94. The lowest BCUT2D eigenvalue weighted by molar-refractivity contribution is -0.110. The number of benzene rings is 2. The minimum absolute atomic E-state index is 0.175. The molecule has 3 aliphatic rings. The number of morpholine rings is 1. The molecule has 1 saturated heterocycles. The fourth-order valence-corrected chi connectivity index (χ4v) is 4.34. The summed E-state index contributed by atoms with van der Waals surface area (Å²) < 4.78 is 11.6. The second-order valence-corrected chi connectivity index (χ2v) is 7.99. The van der Waals surface area contributed by atoms with E-state index in [2.05, 4.69) is 20.9 Å². The number of hydrogen-bond acceptors (Lipinski definition) is 5. The lowest BCUT2D eigenvalue weighted by Crippen LogP contribution is -2.44. The third-order valence-electron chi connectivity index (χ3n) is 5.98. The summed E-state index contributed by atoms with van der Waals surface area (Å²) in [4.78, 5) is 27.3. The van der Waals surface area contributed by atoms with E-state index in [-0.39, 0.29) is 18.0 Å². The van der Waals surface area contributed by atoms with Crippen molar-refractivity contribution in [3.8, 4) is 0 Å². The zero-order valence-corrected chi connectivity index (χ0v) is 17.7. The minimum atomic E-state index is -0.362. The lowest BCUT2D eigenvalue weighted by atomic mass is 9.99. The molecule has 1 fully saturated rings. The second-order valence-electron chi connectivity index (χ2n) is 7.99. The van der Waals surface area contributed by atoms with Crippen molar-refractivity contribution < 1.29 is 19.1 Å². The van der Waals surface area contributed by atoms with Crippen molar-refractivity contribution in [2.45, 2.75) is 6.10 Å². The molecule has 0 saturated carbocycles. The molecule has 2 aromatic carbocycles. The number of fused-ring (bicyclic) bond motifs is 2. The van der Waals surface area contributed by atoms with E-state index in [4.69, 9.17) is 9.47 Å². The van der Waals surface area contributed by atoms with Gasteiger partial charge in [0, 0.05) is 48.6 Å². The highest BCUT2D eigenvalue weighted by molar-refractivity contribution is 6.36. The number of carbonyl (C=O) groups is 2. The molecule has 3 amide bonds. The third kappa shape index (κ3) is 4.06. The van der Waals surface area contributed by atoms with E-state index < -0.39 is 0 Å². The molecule has 3 N–H and O–H groups in total. The summed E-state index contributed by atoms with van der Waals surface area (Å²) in [5.41, 5.74) is 3.99. The van der Waals surface area contributed by atoms with Crippen LogP contribution < -0.4 is 16.0 Å². The molecule has 3 heterocycles. The molecule has 1 unspecified atom stereocenters. The molecule has 0 aliphatic carbocycles. The molecular formula is C24H26N4O4. The smallest absolute Gasteiger partial charge is 0.314 e. The van der Waals surface area contributed by atoms with Gasteiger partial charge >= 0.3 is 6.03 Å². The van der Waals surface area contributed by atoms with Gasteiger partial charge in [0.2, 0.25) is 0 Å². The van der Waals surface area contributed by atoms with Gasteiger partial charge in [-0.05, 0) is 6.07 Å². The number of amides is 3. The fourth-order valence-electron chi connectivity index (χ4n) is 4.34. The van der Waals surface area contributed by atoms with Crippen molar-refractivity contribution in [1.82, 2.24) is 15.5 Å². The molecular weight excluding hydrogens is 408 g/mol. The first-order chi connectivity index (χ1) is 15.7. The quantitative estimate of drug-likeness (QED) is 0.628. The summed E-state index contributed by atoms with van der Waals surface area (Å²) in [5.74, 6) is 0.382. The molecule has 0 spiro atoms. The van der Waals surface area contributed by atoms with Crippen LogP contribution in [0.5, 0.6) is 0 Å². The topological polar surface area (TPSA) is 91.9 Å². The summed E-state index contributed by atoms with van der Waals surface area (Å²) in [5, 5.41) is 8.71. The van der Waals surface area contributed by atoms with E-state index in [1.165, 1.54) is 0 Å². The Balaban J connectivity index is 1.25. The van der Waals surface area contributed by atoms with Crippen molar-refractivity contribution in [3.63, 3.8) is 0 Å². The molecule has 0 radical (unpaired) electrons. The molecule has 1 atom stereocenters. The van der Waals surface area contributed by atoms with Gasteiger partial charge in [-0.1, -0.05) is 42.5 Å². The van der Waals surface area contributed by atoms with Crippen LogP contribution in [0, 0.1) is 0 Å². The van der Waals surface area contributed by atoms with Crippen molar-refractivity contribution in [1.29, 1.82) is 0 Å². The highest BCUT2D eigenvalue weighted by atomic mass is 16.5. The fraction of sp³-hybridized carbons (Fsp3) is 0.333. The number of hydrogen-bond donors (Lipinski definition) is 3. The SMILES string of the molecule is O=C(NCCN1CCOCC1)NCC1O/C(=C2/C(=O)Nc3ccccc32)c2ccccc21. The first-order valence-corrected chi connectivity index (χ1v) is 10.9. The van der Waals surface area contributed by atoms with Crippen LogP contribution in [0.15, 0.2) is 48.5 Å². The molecule has 32 heavy (non-hydrogen) atoms. The van der Waals surface area contributed by atoms with Crippen molar-refractivity contribution >= 4 is 29.0 Å². The van der Waals surface area contributed by atoms with Gasteiger partial charge < -0.3 is 25.4 Å². The van der Waals surface area contributed by atoms with Gasteiger partial charge in [0.25, 0.3) is 5.91 Å². The summed E-state index contributed by atoms with van der Waals surface area (Å²) in [6, 6.07) is 15.1. The maximum atomic E-state index is 12.7. The lowest BCUT2D eigenvalue weighted by Gasteiger charge is -2.26. The Morgan fingerprint density at radius 2 is 1.78 bits per heavy atom. The second kappa shape index (κ2) is 9.02. The molecule has 2 aromatic rings. The monoisotopic (exact) mass is 434 g/mol. The Kier molecular flexibility index (Phi) is 5.79. The average molecular weight is 434 g/mol. The van der Waals surface area contributed by atoms with Crippen LogP contribution in [0.25, 0.3) is 11.3 Å². The zero-order chi connectivity index (χ0) is 21.9. The van der Waals surface area contributed by atoms with E-state index in [1.807, 2.05) is 48.5 Å². The highest BCUT2D eigenvalue weighted by Gasteiger charge is 2.36. The minimum Gasteiger partial charge on any atom is -0.482 e. The number of para-hydroxylation sites is 1. The molecule has 0 aromatic heterocycles. The number of ether oxygens (including phenoxy) is 2. The third-order valence-corrected chi connectivity index (χ3v) is 5.98. The van der Waals surface area contributed by atoms with Gasteiger partial charge in [0.15, 0.2) is 0 Å². The largest absolute Gasteiger partial charge is 0.482 e. The van der Waals surface area contributed by atoms with Gasteiger partial charge in [-0.15, -0.1) is 0 Å². The Bertz CT molecular complexity index is 1060. The predicted octanol–water partition coefficient (Wildman–Crippen LogP) is 2.21. The number of urea groups is 1. The first-order valence-electron chi connectivity index (χ1n) is 10.9. The van der Waals surface area contributed by atoms with Crippen LogP contribution in [0.1, 0.15) is 22.8 Å². The van der Waals surface area contributed by atoms with E-state index in [9.17, 15) is 9.59 Å². The molecule has 8 nitrogen and oxygen atoms in total. The molecule has 5 rings (SSSR count). The maximum absolute atomic E-state index is 12.7. The Hall–Kier alpha value is -3.36. The van der Waals surface area contributed by atoms with Crippen LogP contribution in [0.2, 0.25) is 0 Å². The molecule has 166 valence electrons. The predicted molar refractivity (Wildman–Crippen MR) is 121 cm³/mol. The van der Waals surface area contributed by atoms with Gasteiger partial charge in [-0.2, -0.15) is 0 Å². The summed E-state index contributed by atoms with van der Waals surface area (Å²) in [6.07, 6.45) is -0.362. The molecule has 3 aliphatic heterocycles. The normalized spacial score (nSPS) is 22.0. The first kappa shape index (κ1) is 20.5. The van der Waals surface area contributed by atoms with Gasteiger partial charge in [-0.3, -0.25) is 9.69 Å². The van der Waals surface area contributed by atoms with Crippen molar-refractivity contribution in [2.75, 3.05) is 51.3 Å². The van der Waals surface area contributed by atoms with E-state index in [0.29, 0.717) is 24.4 Å². The van der Waals surface area contributed by atoms with Crippen LogP contribution >= 0.6 is 0 Å². The van der Waals surface area contributed by atoms with Crippen LogP contribution in [-0.2, 0) is 14.3 Å². The van der Waals surface area contributed by atoms with E-state index >= 15 is 0 Å². The van der Waals surface area contributed by atoms with E-state index in [1.54, 1.807) is 0 Å². The number of nitrogens with zero attached hydrogens (tertiary/aromatic N) is 1. The van der Waals surface area contributed by atoms with Gasteiger partial charge in [0.05, 0.1) is 25.3 Å². The van der Waals surface area contributed by atoms with E-state index in [0.717, 1.165) is 55.2 Å². The van der Waals surface area contributed by atoms with Crippen LogP contribution in [-0.4, -0.2) is 62.8 Å². The Morgan fingerprint density at radius 1 is 1.03 bits per heavy atom. The molecule has 0 bridgehead atoms. The maximum Gasteiger partial charge on any atom is 0.314 e. The number of rotatable bonds is 5. The van der Waals surface area contributed by atoms with Gasteiger partial charge in [0.1, 0.15) is 11.9 Å². The standard InChI is InChI=1S/C24H26N4O4/c29-23-21(18-7-3-4-8-19(18)27-23)22-17-6-2-1-5-16(17)20(32-22)15-26-24(30)25-9-10-28-11-13-31-14-12-28/h1-8,20H,9-15H2,(H,27,29)(H2,25,26,30)/b22-21+. The van der Waals surface area contributed by atoms with Crippen molar-refractivity contribution in [2.24, 2.45) is 0 Å². The van der Waals surface area contributed by atoms with Crippen LogP contribution in [0.3, 0.4) is 0 Å². The number of carbonyl (C=O) groups excluding carboxylic acids is 2. The molecule has 8 heteroatoms. The summed E-state index contributed by atoms with van der Waals surface area (Å²) >= 11 is 0.